The van der Waals surface area contributed by atoms with E-state index in [1.54, 1.807) is 17.4 Å². The molecule has 0 atom stereocenters. The first-order valence-corrected chi connectivity index (χ1v) is 10.3. The first-order chi connectivity index (χ1) is 14.7. The van der Waals surface area contributed by atoms with Gasteiger partial charge in [-0.05, 0) is 53.8 Å². The van der Waals surface area contributed by atoms with E-state index in [9.17, 15) is 9.18 Å². The minimum atomic E-state index is -0.345. The molecule has 1 aliphatic rings. The number of nitrogens with one attached hydrogen (secondary N) is 2. The van der Waals surface area contributed by atoms with Gasteiger partial charge in [0.05, 0.1) is 11.5 Å². The fourth-order valence-electron chi connectivity index (χ4n) is 3.09. The molecule has 2 amide bonds. The van der Waals surface area contributed by atoms with E-state index in [2.05, 4.69) is 22.5 Å². The summed E-state index contributed by atoms with van der Waals surface area (Å²) in [5.41, 5.74) is 2.85. The first-order valence-electron chi connectivity index (χ1n) is 9.40. The van der Waals surface area contributed by atoms with E-state index in [1.165, 1.54) is 12.1 Å². The zero-order chi connectivity index (χ0) is 20.8. The van der Waals surface area contributed by atoms with Gasteiger partial charge in [0.1, 0.15) is 11.6 Å². The van der Waals surface area contributed by atoms with Crippen LogP contribution in [0.4, 0.5) is 14.9 Å². The molecule has 0 saturated heterocycles. The highest BCUT2D eigenvalue weighted by molar-refractivity contribution is 7.10. The molecule has 4 rings (SSSR count). The van der Waals surface area contributed by atoms with Crippen LogP contribution in [0.3, 0.4) is 0 Å². The van der Waals surface area contributed by atoms with Gasteiger partial charge in [-0.2, -0.15) is 0 Å². The lowest BCUT2D eigenvalue weighted by Gasteiger charge is -2.21. The molecule has 30 heavy (non-hydrogen) atoms. The molecule has 1 aromatic heterocycles. The van der Waals surface area contributed by atoms with Crippen LogP contribution >= 0.6 is 11.3 Å². The molecule has 0 bridgehead atoms. The summed E-state index contributed by atoms with van der Waals surface area (Å²) in [6, 6.07) is 13.8. The monoisotopic (exact) mass is 422 g/mol. The molecule has 1 aliphatic heterocycles. The third-order valence-corrected chi connectivity index (χ3v) is 5.19. The number of hydrogen-bond donors (Lipinski definition) is 2. The number of fused-ring (bicyclic) bond motifs is 1. The number of carbonyl (C=O) groups is 1. The van der Waals surface area contributed by atoms with E-state index in [-0.39, 0.29) is 18.6 Å². The van der Waals surface area contributed by atoms with Gasteiger partial charge in [-0.3, -0.25) is 0 Å². The Morgan fingerprint density at radius 2 is 2.10 bits per heavy atom. The summed E-state index contributed by atoms with van der Waals surface area (Å²) in [5.74, 6) is 6.48. The minimum absolute atomic E-state index is 0.144. The van der Waals surface area contributed by atoms with E-state index in [0.717, 1.165) is 10.4 Å². The molecular weight excluding hydrogens is 403 g/mol. The third kappa shape index (κ3) is 5.17. The number of hydrogen-bond acceptors (Lipinski definition) is 4. The maximum Gasteiger partial charge on any atom is 0.319 e. The van der Waals surface area contributed by atoms with Gasteiger partial charge in [0.15, 0.2) is 6.79 Å². The standard InChI is InChI=1S/C23H19FN2O3S/c24-19-12-17(22-18(13-19)14-28-15-29-22)8-9-25-23(27)26-20-4-1-3-16(11-20)6-7-21-5-2-10-30-21/h1-5,10-13H,8-9,14-15H2,(H2,25,26,27). The summed E-state index contributed by atoms with van der Waals surface area (Å²) in [6.07, 6.45) is 0.444. The van der Waals surface area contributed by atoms with Crippen molar-refractivity contribution in [2.45, 2.75) is 13.0 Å². The van der Waals surface area contributed by atoms with Crippen LogP contribution in [0.1, 0.15) is 21.6 Å². The van der Waals surface area contributed by atoms with Crippen LogP contribution in [0, 0.1) is 17.7 Å². The van der Waals surface area contributed by atoms with Crippen LogP contribution in [0.15, 0.2) is 53.9 Å². The van der Waals surface area contributed by atoms with Crippen LogP contribution in [0.5, 0.6) is 5.75 Å². The van der Waals surface area contributed by atoms with E-state index in [1.807, 2.05) is 35.7 Å². The number of ether oxygens (including phenoxy) is 2. The molecule has 0 radical (unpaired) electrons. The Labute approximate surface area is 177 Å². The highest BCUT2D eigenvalue weighted by Gasteiger charge is 2.17. The van der Waals surface area contributed by atoms with Crippen molar-refractivity contribution in [2.24, 2.45) is 0 Å². The Bertz CT molecular complexity index is 1100. The van der Waals surface area contributed by atoms with Crippen molar-refractivity contribution in [3.63, 3.8) is 0 Å². The number of amides is 2. The molecule has 5 nitrogen and oxygen atoms in total. The Kier molecular flexibility index (Phi) is 6.28. The molecule has 3 aromatic rings. The summed E-state index contributed by atoms with van der Waals surface area (Å²) < 4.78 is 24.5. The molecule has 0 unspecified atom stereocenters. The first kappa shape index (κ1) is 20.0. The molecule has 0 fully saturated rings. The zero-order valence-electron chi connectivity index (χ0n) is 16.0. The van der Waals surface area contributed by atoms with E-state index in [0.29, 0.717) is 42.1 Å². The smallest absolute Gasteiger partial charge is 0.319 e. The fraction of sp³-hybridized carbons (Fsp3) is 0.174. The van der Waals surface area contributed by atoms with Gasteiger partial charge >= 0.3 is 6.03 Å². The van der Waals surface area contributed by atoms with Gasteiger partial charge in [-0.25, -0.2) is 9.18 Å². The Morgan fingerprint density at radius 3 is 2.97 bits per heavy atom. The number of halogens is 1. The van der Waals surface area contributed by atoms with Crippen LogP contribution < -0.4 is 15.4 Å². The second kappa shape index (κ2) is 9.44. The lowest BCUT2D eigenvalue weighted by molar-refractivity contribution is -0.0172. The van der Waals surface area contributed by atoms with Crippen LogP contribution in [0.25, 0.3) is 0 Å². The summed E-state index contributed by atoms with van der Waals surface area (Å²) in [7, 11) is 0. The molecule has 2 heterocycles. The van der Waals surface area contributed by atoms with Crippen LogP contribution in [-0.2, 0) is 17.8 Å². The average molecular weight is 422 g/mol. The number of thiophene rings is 1. The van der Waals surface area contributed by atoms with Gasteiger partial charge < -0.3 is 20.1 Å². The van der Waals surface area contributed by atoms with Crippen molar-refractivity contribution in [1.29, 1.82) is 0 Å². The molecule has 0 saturated carbocycles. The van der Waals surface area contributed by atoms with Crippen LogP contribution in [0.2, 0.25) is 0 Å². The number of rotatable bonds is 4. The zero-order valence-corrected chi connectivity index (χ0v) is 16.9. The van der Waals surface area contributed by atoms with Crippen molar-refractivity contribution in [3.8, 4) is 17.6 Å². The van der Waals surface area contributed by atoms with Crippen molar-refractivity contribution in [2.75, 3.05) is 18.7 Å². The largest absolute Gasteiger partial charge is 0.467 e. The van der Waals surface area contributed by atoms with Gasteiger partial charge in [-0.15, -0.1) is 11.3 Å². The summed E-state index contributed by atoms with van der Waals surface area (Å²) >= 11 is 1.58. The van der Waals surface area contributed by atoms with E-state index >= 15 is 0 Å². The Hall–Kier alpha value is -3.34. The third-order valence-electron chi connectivity index (χ3n) is 4.40. The fourth-order valence-corrected chi connectivity index (χ4v) is 3.66. The van der Waals surface area contributed by atoms with Crippen molar-refractivity contribution < 1.29 is 18.7 Å². The molecule has 0 spiro atoms. The van der Waals surface area contributed by atoms with Crippen LogP contribution in [-0.4, -0.2) is 19.4 Å². The molecule has 0 aliphatic carbocycles. The predicted octanol–water partition coefficient (Wildman–Crippen LogP) is 4.52. The maximum absolute atomic E-state index is 13.8. The predicted molar refractivity (Wildman–Crippen MR) is 114 cm³/mol. The lowest BCUT2D eigenvalue weighted by Crippen LogP contribution is -2.30. The normalized spacial score (nSPS) is 12.2. The van der Waals surface area contributed by atoms with E-state index in [4.69, 9.17) is 9.47 Å². The number of benzene rings is 2. The second-order valence-electron chi connectivity index (χ2n) is 6.60. The summed E-state index contributed by atoms with van der Waals surface area (Å²) in [5, 5.41) is 7.56. The van der Waals surface area contributed by atoms with Gasteiger partial charge in [-0.1, -0.05) is 24.0 Å². The minimum Gasteiger partial charge on any atom is -0.467 e. The molecular formula is C23H19FN2O3S. The highest BCUT2D eigenvalue weighted by Crippen LogP contribution is 2.29. The SMILES string of the molecule is O=C(NCCc1cc(F)cc2c1OCOC2)Nc1cccc(C#Cc2cccs2)c1. The average Bonchev–Trinajstić information content (AvgIpc) is 3.26. The lowest BCUT2D eigenvalue weighted by atomic mass is 10.1. The summed E-state index contributed by atoms with van der Waals surface area (Å²) in [6.45, 7) is 0.800. The highest BCUT2D eigenvalue weighted by atomic mass is 32.1. The van der Waals surface area contributed by atoms with E-state index < -0.39 is 0 Å². The summed E-state index contributed by atoms with van der Waals surface area (Å²) in [4.78, 5) is 13.2. The van der Waals surface area contributed by atoms with Crippen molar-refractivity contribution in [1.82, 2.24) is 5.32 Å². The molecule has 2 aromatic carbocycles. The Balaban J connectivity index is 1.33. The Morgan fingerprint density at radius 1 is 1.17 bits per heavy atom. The topological polar surface area (TPSA) is 59.6 Å². The molecule has 7 heteroatoms. The second-order valence-corrected chi connectivity index (χ2v) is 7.55. The number of carbonyl (C=O) groups excluding carboxylic acids is 1. The number of urea groups is 1. The molecule has 152 valence electrons. The van der Waals surface area contributed by atoms with Gasteiger partial charge in [0.25, 0.3) is 0 Å². The van der Waals surface area contributed by atoms with Gasteiger partial charge in [0.2, 0.25) is 0 Å². The quantitative estimate of drug-likeness (QED) is 0.608. The maximum atomic E-state index is 13.8. The van der Waals surface area contributed by atoms with Crippen molar-refractivity contribution >= 4 is 23.1 Å². The number of anilines is 1. The molecule has 2 N–H and O–H groups in total. The van der Waals surface area contributed by atoms with Crippen molar-refractivity contribution in [3.05, 3.63) is 81.3 Å². The van der Waals surface area contributed by atoms with Gasteiger partial charge in [0, 0.05) is 23.4 Å².